The average molecular weight is 420 g/mol. The molecule has 5 heteroatoms. The molecule has 0 spiro atoms. The van der Waals surface area contributed by atoms with Crippen molar-refractivity contribution < 1.29 is 4.52 Å². The van der Waals surface area contributed by atoms with E-state index in [1.54, 1.807) is 0 Å². The van der Waals surface area contributed by atoms with Crippen LogP contribution in [0.3, 0.4) is 0 Å². The van der Waals surface area contributed by atoms with Crippen LogP contribution in [-0.2, 0) is 6.42 Å². The monoisotopic (exact) mass is 419 g/mol. The summed E-state index contributed by atoms with van der Waals surface area (Å²) in [7, 11) is 0. The van der Waals surface area contributed by atoms with Crippen LogP contribution >= 0.6 is 12.4 Å². The van der Waals surface area contributed by atoms with Crippen molar-refractivity contribution in [1.29, 1.82) is 0 Å². The highest BCUT2D eigenvalue weighted by Crippen LogP contribution is 2.32. The first kappa shape index (κ1) is 23.9. The summed E-state index contributed by atoms with van der Waals surface area (Å²) >= 11 is 0. The molecule has 29 heavy (non-hydrogen) atoms. The van der Waals surface area contributed by atoms with Gasteiger partial charge in [-0.2, -0.15) is 4.98 Å². The highest BCUT2D eigenvalue weighted by Gasteiger charge is 2.25. The van der Waals surface area contributed by atoms with Crippen molar-refractivity contribution in [3.8, 4) is 11.4 Å². The van der Waals surface area contributed by atoms with Crippen molar-refractivity contribution in [2.75, 3.05) is 0 Å². The number of nitrogens with two attached hydrogens (primary N) is 1. The molecule has 0 bridgehead atoms. The summed E-state index contributed by atoms with van der Waals surface area (Å²) in [5, 5.41) is 4.21. The van der Waals surface area contributed by atoms with Crippen molar-refractivity contribution in [3.63, 3.8) is 0 Å². The van der Waals surface area contributed by atoms with Gasteiger partial charge in [0.1, 0.15) is 0 Å². The van der Waals surface area contributed by atoms with Crippen molar-refractivity contribution in [3.05, 3.63) is 35.7 Å². The smallest absolute Gasteiger partial charge is 0.230 e. The molecule has 2 aromatic rings. The first-order valence-electron chi connectivity index (χ1n) is 11.4. The predicted octanol–water partition coefficient (Wildman–Crippen LogP) is 6.83. The zero-order chi connectivity index (χ0) is 19.6. The van der Waals surface area contributed by atoms with E-state index in [4.69, 9.17) is 10.3 Å². The van der Waals surface area contributed by atoms with Gasteiger partial charge in [0.2, 0.25) is 11.7 Å². The fourth-order valence-electron chi connectivity index (χ4n) is 4.25. The largest absolute Gasteiger partial charge is 0.339 e. The van der Waals surface area contributed by atoms with E-state index in [0.717, 1.165) is 43.6 Å². The van der Waals surface area contributed by atoms with Gasteiger partial charge in [0.05, 0.1) is 0 Å². The van der Waals surface area contributed by atoms with E-state index in [-0.39, 0.29) is 18.4 Å². The van der Waals surface area contributed by atoms with E-state index in [0.29, 0.717) is 11.7 Å². The van der Waals surface area contributed by atoms with Crippen molar-refractivity contribution >= 4 is 12.4 Å². The maximum Gasteiger partial charge on any atom is 0.230 e. The molecule has 0 unspecified atom stereocenters. The standard InChI is InChI=1S/C24H37N3O.ClH/c1-2-3-4-5-6-7-8-9-11-19-14-16-20(17-15-19)23-26-24(28-27-23)21-12-10-13-22(25)18-21;/h14-17,21-22H,2-13,18,25H2,1H3;1H/t21-,22+;/m1./s1. The number of rotatable bonds is 11. The molecule has 1 aromatic carbocycles. The summed E-state index contributed by atoms with van der Waals surface area (Å²) in [5.74, 6) is 1.78. The number of hydrogen-bond donors (Lipinski definition) is 1. The van der Waals surface area contributed by atoms with Gasteiger partial charge in [0.25, 0.3) is 0 Å². The Kier molecular flexibility index (Phi) is 10.7. The third kappa shape index (κ3) is 7.75. The van der Waals surface area contributed by atoms with Crippen LogP contribution in [0, 0.1) is 0 Å². The van der Waals surface area contributed by atoms with Crippen molar-refractivity contribution in [1.82, 2.24) is 10.1 Å². The summed E-state index contributed by atoms with van der Waals surface area (Å²) in [4.78, 5) is 4.65. The highest BCUT2D eigenvalue weighted by molar-refractivity contribution is 5.85. The number of unbranched alkanes of at least 4 members (excludes halogenated alkanes) is 7. The van der Waals surface area contributed by atoms with Crippen LogP contribution in [0.15, 0.2) is 28.8 Å². The first-order chi connectivity index (χ1) is 13.8. The normalized spacial score (nSPS) is 19.1. The quantitative estimate of drug-likeness (QED) is 0.405. The lowest BCUT2D eigenvalue weighted by molar-refractivity contribution is 0.299. The van der Waals surface area contributed by atoms with Crippen LogP contribution < -0.4 is 5.73 Å². The second kappa shape index (κ2) is 13.0. The Balaban J connectivity index is 0.00000300. The zero-order valence-corrected chi connectivity index (χ0v) is 18.8. The third-order valence-corrected chi connectivity index (χ3v) is 6.04. The van der Waals surface area contributed by atoms with Crippen LogP contribution in [0.4, 0.5) is 0 Å². The van der Waals surface area contributed by atoms with Gasteiger partial charge in [0, 0.05) is 17.5 Å². The summed E-state index contributed by atoms with van der Waals surface area (Å²) < 4.78 is 5.55. The van der Waals surface area contributed by atoms with E-state index in [9.17, 15) is 0 Å². The third-order valence-electron chi connectivity index (χ3n) is 6.04. The van der Waals surface area contributed by atoms with E-state index in [2.05, 4.69) is 41.3 Å². The molecule has 1 aromatic heterocycles. The van der Waals surface area contributed by atoms with Crippen LogP contribution in [0.5, 0.6) is 0 Å². The fourth-order valence-corrected chi connectivity index (χ4v) is 4.25. The van der Waals surface area contributed by atoms with E-state index < -0.39 is 0 Å². The van der Waals surface area contributed by atoms with Gasteiger partial charge in [0.15, 0.2) is 0 Å². The second-order valence-electron chi connectivity index (χ2n) is 8.50. The summed E-state index contributed by atoms with van der Waals surface area (Å²) in [6.45, 7) is 2.27. The Morgan fingerprint density at radius 3 is 2.34 bits per heavy atom. The van der Waals surface area contributed by atoms with E-state index in [1.807, 2.05) is 0 Å². The topological polar surface area (TPSA) is 64.9 Å². The molecule has 1 fully saturated rings. The molecule has 0 saturated heterocycles. The Bertz CT molecular complexity index is 686. The Morgan fingerprint density at radius 1 is 0.966 bits per heavy atom. The molecule has 1 saturated carbocycles. The van der Waals surface area contributed by atoms with Crippen LogP contribution in [0.1, 0.15) is 101 Å². The Morgan fingerprint density at radius 2 is 1.66 bits per heavy atom. The molecule has 1 aliphatic rings. The second-order valence-corrected chi connectivity index (χ2v) is 8.50. The molecule has 1 heterocycles. The molecule has 0 amide bonds. The molecular formula is C24H38ClN3O. The number of halogens is 1. The van der Waals surface area contributed by atoms with Crippen LogP contribution in [0.25, 0.3) is 11.4 Å². The Hall–Kier alpha value is -1.39. The molecule has 4 nitrogen and oxygen atoms in total. The average Bonchev–Trinajstić information content (AvgIpc) is 3.21. The fraction of sp³-hybridized carbons (Fsp3) is 0.667. The van der Waals surface area contributed by atoms with E-state index >= 15 is 0 Å². The lowest BCUT2D eigenvalue weighted by Gasteiger charge is -2.23. The molecule has 162 valence electrons. The molecule has 0 radical (unpaired) electrons. The minimum Gasteiger partial charge on any atom is -0.339 e. The Labute approximate surface area is 182 Å². The summed E-state index contributed by atoms with van der Waals surface area (Å²) in [5.41, 5.74) is 8.53. The molecule has 2 N–H and O–H groups in total. The number of benzene rings is 1. The SMILES string of the molecule is CCCCCCCCCCc1ccc(-c2noc([C@@H]3CCC[C@H](N)C3)n2)cc1.Cl. The minimum absolute atomic E-state index is 0. The minimum atomic E-state index is 0. The lowest BCUT2D eigenvalue weighted by atomic mass is 9.86. The van der Waals surface area contributed by atoms with Gasteiger partial charge >= 0.3 is 0 Å². The number of hydrogen-bond acceptors (Lipinski definition) is 4. The van der Waals surface area contributed by atoms with Gasteiger partial charge in [-0.1, -0.05) is 87.7 Å². The predicted molar refractivity (Wildman–Crippen MR) is 122 cm³/mol. The molecule has 0 aliphatic heterocycles. The zero-order valence-electron chi connectivity index (χ0n) is 17.9. The molecule has 2 atom stereocenters. The van der Waals surface area contributed by atoms with Gasteiger partial charge in [-0.15, -0.1) is 12.4 Å². The van der Waals surface area contributed by atoms with Gasteiger partial charge in [-0.3, -0.25) is 0 Å². The highest BCUT2D eigenvalue weighted by atomic mass is 35.5. The van der Waals surface area contributed by atoms with Gasteiger partial charge in [-0.05, 0) is 37.7 Å². The summed E-state index contributed by atoms with van der Waals surface area (Å²) in [6, 6.07) is 8.94. The van der Waals surface area contributed by atoms with Crippen molar-refractivity contribution in [2.45, 2.75) is 102 Å². The number of aromatic nitrogens is 2. The van der Waals surface area contributed by atoms with Crippen LogP contribution in [0.2, 0.25) is 0 Å². The van der Waals surface area contributed by atoms with E-state index in [1.165, 1.54) is 56.9 Å². The maximum atomic E-state index is 6.09. The van der Waals surface area contributed by atoms with Crippen LogP contribution in [-0.4, -0.2) is 16.2 Å². The molecule has 1 aliphatic carbocycles. The van der Waals surface area contributed by atoms with Gasteiger partial charge in [-0.25, -0.2) is 0 Å². The lowest BCUT2D eigenvalue weighted by Crippen LogP contribution is -2.26. The molecule has 3 rings (SSSR count). The molecular weight excluding hydrogens is 382 g/mol. The number of aryl methyl sites for hydroxylation is 1. The summed E-state index contributed by atoms with van der Waals surface area (Å²) in [6.07, 6.45) is 16.4. The first-order valence-corrected chi connectivity index (χ1v) is 11.4. The van der Waals surface area contributed by atoms with Crippen molar-refractivity contribution in [2.24, 2.45) is 5.73 Å². The maximum absolute atomic E-state index is 6.09. The van der Waals surface area contributed by atoms with Gasteiger partial charge < -0.3 is 10.3 Å². The number of nitrogens with zero attached hydrogens (tertiary/aromatic N) is 2.